The number of primary amides is 1. The monoisotopic (exact) mass is 433 g/mol. The summed E-state index contributed by atoms with van der Waals surface area (Å²) in [6, 6.07) is 5.50. The summed E-state index contributed by atoms with van der Waals surface area (Å²) in [7, 11) is 0. The second-order valence-corrected chi connectivity index (χ2v) is 7.73. The lowest BCUT2D eigenvalue weighted by Gasteiger charge is -2.38. The second-order valence-electron chi connectivity index (χ2n) is 7.73. The molecule has 2 rings (SSSR count). The minimum absolute atomic E-state index is 0.0876. The maximum absolute atomic E-state index is 13.0. The number of ketones is 1. The van der Waals surface area contributed by atoms with Gasteiger partial charge in [0.2, 0.25) is 5.91 Å². The molecule has 1 aromatic carbocycles. The summed E-state index contributed by atoms with van der Waals surface area (Å²) >= 11 is 0. The van der Waals surface area contributed by atoms with Crippen LogP contribution in [0.25, 0.3) is 0 Å². The standard InChI is InChI=1S/C22H31N3O6/c1-2-31-20(29)22(10-4-11-22)19(28)25-17(5-3-12-24-21(23)30)18(27)13-15-6-8-16(14-26)9-7-15/h6-9,17,26H,2-5,10-14H2,1H3,(H,25,28)(H3,23,24,30)/t17-/m0/s1. The molecule has 9 heteroatoms. The first-order chi connectivity index (χ1) is 14.8. The Morgan fingerprint density at radius 1 is 1.16 bits per heavy atom. The summed E-state index contributed by atoms with van der Waals surface area (Å²) < 4.78 is 5.09. The van der Waals surface area contributed by atoms with Gasteiger partial charge in [-0.15, -0.1) is 0 Å². The van der Waals surface area contributed by atoms with Crippen LogP contribution in [-0.2, 0) is 32.1 Å². The largest absolute Gasteiger partial charge is 0.465 e. The van der Waals surface area contributed by atoms with E-state index in [0.717, 1.165) is 17.5 Å². The molecule has 1 atom stereocenters. The molecule has 9 nitrogen and oxygen atoms in total. The zero-order chi connectivity index (χ0) is 22.9. The number of nitrogens with two attached hydrogens (primary N) is 1. The third-order valence-electron chi connectivity index (χ3n) is 5.55. The van der Waals surface area contributed by atoms with Crippen LogP contribution in [0.5, 0.6) is 0 Å². The van der Waals surface area contributed by atoms with E-state index < -0.39 is 29.4 Å². The molecule has 1 fully saturated rings. The number of hydrogen-bond acceptors (Lipinski definition) is 6. The number of ether oxygens (including phenoxy) is 1. The van der Waals surface area contributed by atoms with Crippen LogP contribution in [0.2, 0.25) is 0 Å². The van der Waals surface area contributed by atoms with Crippen LogP contribution in [-0.4, -0.2) is 48.0 Å². The van der Waals surface area contributed by atoms with Crippen molar-refractivity contribution in [3.63, 3.8) is 0 Å². The van der Waals surface area contributed by atoms with Gasteiger partial charge >= 0.3 is 12.0 Å². The summed E-state index contributed by atoms with van der Waals surface area (Å²) in [5, 5.41) is 14.4. The number of carbonyl (C=O) groups is 4. The van der Waals surface area contributed by atoms with Gasteiger partial charge in [-0.1, -0.05) is 30.7 Å². The van der Waals surface area contributed by atoms with Crippen molar-refractivity contribution in [2.45, 2.75) is 58.1 Å². The van der Waals surface area contributed by atoms with Gasteiger partial charge < -0.3 is 26.2 Å². The van der Waals surface area contributed by atoms with Crippen LogP contribution in [0, 0.1) is 5.41 Å². The third-order valence-corrected chi connectivity index (χ3v) is 5.55. The third kappa shape index (κ3) is 6.52. The Hall–Kier alpha value is -2.94. The first kappa shape index (κ1) is 24.3. The van der Waals surface area contributed by atoms with Crippen molar-refractivity contribution in [1.29, 1.82) is 0 Å². The highest BCUT2D eigenvalue weighted by Gasteiger charge is 2.52. The number of esters is 1. The number of nitrogens with one attached hydrogen (secondary N) is 2. The Morgan fingerprint density at radius 3 is 2.32 bits per heavy atom. The topological polar surface area (TPSA) is 148 Å². The molecule has 0 aliphatic heterocycles. The number of hydrogen-bond donors (Lipinski definition) is 4. The van der Waals surface area contributed by atoms with Crippen molar-refractivity contribution < 1.29 is 29.0 Å². The Labute approximate surface area is 181 Å². The SMILES string of the molecule is CCOC(=O)C1(C(=O)N[C@@H](CCCNC(N)=O)C(=O)Cc2ccc(CO)cc2)CCC1. The van der Waals surface area contributed by atoms with Gasteiger partial charge in [0, 0.05) is 13.0 Å². The fourth-order valence-corrected chi connectivity index (χ4v) is 3.54. The Bertz CT molecular complexity index is 789. The van der Waals surface area contributed by atoms with Crippen molar-refractivity contribution >= 4 is 23.7 Å². The quantitative estimate of drug-likeness (QED) is 0.219. The molecule has 0 aromatic heterocycles. The number of carbonyl (C=O) groups excluding carboxylic acids is 4. The van der Waals surface area contributed by atoms with Crippen LogP contribution >= 0.6 is 0 Å². The predicted molar refractivity (Wildman–Crippen MR) is 113 cm³/mol. The van der Waals surface area contributed by atoms with Gasteiger partial charge in [0.05, 0.1) is 19.3 Å². The van der Waals surface area contributed by atoms with Crippen molar-refractivity contribution in [2.75, 3.05) is 13.2 Å². The molecule has 0 unspecified atom stereocenters. The normalized spacial score (nSPS) is 15.3. The number of Topliss-reactive ketones (excluding diaryl/α,β-unsaturated/α-hetero) is 1. The Balaban J connectivity index is 2.08. The van der Waals surface area contributed by atoms with Gasteiger partial charge in [-0.05, 0) is 43.7 Å². The molecule has 1 aliphatic carbocycles. The van der Waals surface area contributed by atoms with Gasteiger partial charge in [-0.3, -0.25) is 14.4 Å². The highest BCUT2D eigenvalue weighted by Crippen LogP contribution is 2.42. The smallest absolute Gasteiger partial charge is 0.321 e. The van der Waals surface area contributed by atoms with E-state index in [0.29, 0.717) is 25.7 Å². The van der Waals surface area contributed by atoms with E-state index in [1.54, 1.807) is 31.2 Å². The van der Waals surface area contributed by atoms with Crippen molar-refractivity contribution in [3.8, 4) is 0 Å². The molecule has 1 aliphatic rings. The maximum atomic E-state index is 13.0. The first-order valence-corrected chi connectivity index (χ1v) is 10.5. The molecule has 31 heavy (non-hydrogen) atoms. The molecule has 0 spiro atoms. The molecule has 0 bridgehead atoms. The van der Waals surface area contributed by atoms with Gasteiger partial charge in [-0.25, -0.2) is 4.79 Å². The maximum Gasteiger partial charge on any atom is 0.321 e. The van der Waals surface area contributed by atoms with E-state index in [2.05, 4.69) is 10.6 Å². The lowest BCUT2D eigenvalue weighted by molar-refractivity contribution is -0.167. The number of amides is 3. The fourth-order valence-electron chi connectivity index (χ4n) is 3.54. The summed E-state index contributed by atoms with van der Waals surface area (Å²) in [6.45, 7) is 2.04. The molecule has 0 heterocycles. The zero-order valence-corrected chi connectivity index (χ0v) is 17.8. The van der Waals surface area contributed by atoms with E-state index in [-0.39, 0.29) is 32.0 Å². The minimum Gasteiger partial charge on any atom is -0.465 e. The zero-order valence-electron chi connectivity index (χ0n) is 17.8. The van der Waals surface area contributed by atoms with Crippen LogP contribution in [0.3, 0.4) is 0 Å². The van der Waals surface area contributed by atoms with Gasteiger partial charge in [-0.2, -0.15) is 0 Å². The van der Waals surface area contributed by atoms with Crippen LogP contribution < -0.4 is 16.4 Å². The molecule has 0 saturated heterocycles. The molecule has 5 N–H and O–H groups in total. The van der Waals surface area contributed by atoms with Gasteiger partial charge in [0.1, 0.15) is 5.41 Å². The summed E-state index contributed by atoms with van der Waals surface area (Å²) in [6.07, 6.45) is 2.33. The second kappa shape index (κ2) is 11.5. The summed E-state index contributed by atoms with van der Waals surface area (Å²) in [5.41, 5.74) is 5.32. The number of urea groups is 1. The average molecular weight is 434 g/mol. The lowest BCUT2D eigenvalue weighted by Crippen LogP contribution is -2.55. The molecule has 1 saturated carbocycles. The average Bonchev–Trinajstić information content (AvgIpc) is 2.70. The summed E-state index contributed by atoms with van der Waals surface area (Å²) in [4.78, 5) is 49.2. The molecule has 1 aromatic rings. The molecule has 3 amide bonds. The van der Waals surface area contributed by atoms with Crippen LogP contribution in [0.4, 0.5) is 4.79 Å². The fraction of sp³-hybridized carbons (Fsp3) is 0.545. The van der Waals surface area contributed by atoms with Crippen LogP contribution in [0.15, 0.2) is 24.3 Å². The van der Waals surface area contributed by atoms with Crippen molar-refractivity contribution in [1.82, 2.24) is 10.6 Å². The van der Waals surface area contributed by atoms with Crippen LogP contribution in [0.1, 0.15) is 50.2 Å². The minimum atomic E-state index is -1.23. The van der Waals surface area contributed by atoms with E-state index in [4.69, 9.17) is 15.6 Å². The van der Waals surface area contributed by atoms with Crippen molar-refractivity contribution in [3.05, 3.63) is 35.4 Å². The number of benzene rings is 1. The summed E-state index contributed by atoms with van der Waals surface area (Å²) in [5.74, 6) is -1.25. The van der Waals surface area contributed by atoms with E-state index >= 15 is 0 Å². The van der Waals surface area contributed by atoms with E-state index in [9.17, 15) is 19.2 Å². The van der Waals surface area contributed by atoms with Gasteiger partial charge in [0.25, 0.3) is 0 Å². The van der Waals surface area contributed by atoms with Gasteiger partial charge in [0.15, 0.2) is 5.78 Å². The van der Waals surface area contributed by atoms with Crippen molar-refractivity contribution in [2.24, 2.45) is 11.1 Å². The van der Waals surface area contributed by atoms with E-state index in [1.165, 1.54) is 0 Å². The Morgan fingerprint density at radius 2 is 1.81 bits per heavy atom. The number of rotatable bonds is 12. The first-order valence-electron chi connectivity index (χ1n) is 10.5. The molecule has 0 radical (unpaired) electrons. The Kier molecular flexibility index (Phi) is 8.99. The molecular weight excluding hydrogens is 402 g/mol. The van der Waals surface area contributed by atoms with E-state index in [1.807, 2.05) is 0 Å². The predicted octanol–water partition coefficient (Wildman–Crippen LogP) is 0.957. The molecular formula is C22H31N3O6. The number of aliphatic hydroxyl groups excluding tert-OH is 1. The highest BCUT2D eigenvalue weighted by atomic mass is 16.5. The highest BCUT2D eigenvalue weighted by molar-refractivity contribution is 6.05. The molecule has 170 valence electrons. The number of aliphatic hydroxyl groups is 1. The lowest BCUT2D eigenvalue weighted by atomic mass is 9.68.